The molecular weight excluding hydrogens is 208 g/mol. The maximum absolute atomic E-state index is 5.92. The topological polar surface area (TPSA) is 29.3 Å². The molecule has 0 aromatic heterocycles. The predicted molar refractivity (Wildman–Crippen MR) is 75.4 cm³/mol. The van der Waals surface area contributed by atoms with Crippen LogP contribution in [0.15, 0.2) is 18.2 Å². The first-order chi connectivity index (χ1) is 8.02. The lowest BCUT2D eigenvalue weighted by atomic mass is 9.78. The SMILES string of the molecule is CCC1(C)CCN(c2cc(C)cc(N)c2)CC1. The second kappa shape index (κ2) is 4.59. The van der Waals surface area contributed by atoms with E-state index < -0.39 is 0 Å². The van der Waals surface area contributed by atoms with E-state index in [2.05, 4.69) is 37.8 Å². The van der Waals surface area contributed by atoms with Gasteiger partial charge in [0.25, 0.3) is 0 Å². The van der Waals surface area contributed by atoms with E-state index in [0.29, 0.717) is 5.41 Å². The summed E-state index contributed by atoms with van der Waals surface area (Å²) in [6.07, 6.45) is 3.87. The number of hydrogen-bond donors (Lipinski definition) is 1. The Hall–Kier alpha value is -1.18. The minimum atomic E-state index is 0.547. The monoisotopic (exact) mass is 232 g/mol. The van der Waals surface area contributed by atoms with Gasteiger partial charge in [0.05, 0.1) is 0 Å². The van der Waals surface area contributed by atoms with Gasteiger partial charge in [0, 0.05) is 24.5 Å². The first kappa shape index (κ1) is 12.3. The summed E-state index contributed by atoms with van der Waals surface area (Å²) in [7, 11) is 0. The van der Waals surface area contributed by atoms with E-state index in [9.17, 15) is 0 Å². The fraction of sp³-hybridized carbons (Fsp3) is 0.600. The third-order valence-electron chi connectivity index (χ3n) is 4.27. The molecule has 2 N–H and O–H groups in total. The highest BCUT2D eigenvalue weighted by molar-refractivity contribution is 5.58. The number of piperidine rings is 1. The molecule has 0 spiro atoms. The summed E-state index contributed by atoms with van der Waals surface area (Å²) in [5.74, 6) is 0. The second-order valence-corrected chi connectivity index (χ2v) is 5.75. The molecule has 17 heavy (non-hydrogen) atoms. The molecule has 0 radical (unpaired) electrons. The Bertz CT molecular complexity index is 370. The van der Waals surface area contributed by atoms with Gasteiger partial charge in [0.1, 0.15) is 0 Å². The second-order valence-electron chi connectivity index (χ2n) is 5.75. The molecule has 0 saturated carbocycles. The largest absolute Gasteiger partial charge is 0.399 e. The number of hydrogen-bond acceptors (Lipinski definition) is 2. The minimum absolute atomic E-state index is 0.547. The van der Waals surface area contributed by atoms with Crippen molar-refractivity contribution in [2.45, 2.75) is 40.0 Å². The lowest BCUT2D eigenvalue weighted by Crippen LogP contribution is -2.38. The Morgan fingerprint density at radius 1 is 1.24 bits per heavy atom. The molecule has 1 aromatic carbocycles. The molecule has 0 bridgehead atoms. The molecule has 1 fully saturated rings. The van der Waals surface area contributed by atoms with Crippen LogP contribution in [0.2, 0.25) is 0 Å². The van der Waals surface area contributed by atoms with E-state index in [1.807, 2.05) is 6.07 Å². The van der Waals surface area contributed by atoms with Crippen molar-refractivity contribution in [3.05, 3.63) is 23.8 Å². The lowest BCUT2D eigenvalue weighted by Gasteiger charge is -2.40. The van der Waals surface area contributed by atoms with E-state index in [1.165, 1.54) is 30.5 Å². The average molecular weight is 232 g/mol. The van der Waals surface area contributed by atoms with E-state index in [0.717, 1.165) is 18.8 Å². The van der Waals surface area contributed by atoms with Crippen LogP contribution < -0.4 is 10.6 Å². The summed E-state index contributed by atoms with van der Waals surface area (Å²) in [4.78, 5) is 2.47. The zero-order chi connectivity index (χ0) is 12.5. The van der Waals surface area contributed by atoms with Crippen molar-refractivity contribution in [3.8, 4) is 0 Å². The van der Waals surface area contributed by atoms with Crippen LogP contribution in [0, 0.1) is 12.3 Å². The van der Waals surface area contributed by atoms with Crippen molar-refractivity contribution in [2.24, 2.45) is 5.41 Å². The zero-order valence-electron chi connectivity index (χ0n) is 11.3. The third-order valence-corrected chi connectivity index (χ3v) is 4.27. The van der Waals surface area contributed by atoms with Gasteiger partial charge in [0.15, 0.2) is 0 Å². The molecular formula is C15H24N2. The number of nitrogens with two attached hydrogens (primary N) is 1. The molecule has 0 aliphatic carbocycles. The van der Waals surface area contributed by atoms with Crippen molar-refractivity contribution in [1.29, 1.82) is 0 Å². The number of aryl methyl sites for hydroxylation is 1. The lowest BCUT2D eigenvalue weighted by molar-refractivity contribution is 0.238. The molecule has 94 valence electrons. The number of nitrogen functional groups attached to an aromatic ring is 1. The number of benzene rings is 1. The molecule has 2 rings (SSSR count). The van der Waals surface area contributed by atoms with Gasteiger partial charge < -0.3 is 10.6 Å². The molecule has 2 heteroatoms. The Balaban J connectivity index is 2.10. The fourth-order valence-corrected chi connectivity index (χ4v) is 2.63. The highest BCUT2D eigenvalue weighted by Gasteiger charge is 2.28. The summed E-state index contributed by atoms with van der Waals surface area (Å²) in [6.45, 7) is 9.15. The standard InChI is InChI=1S/C15H24N2/c1-4-15(3)5-7-17(8-6-15)14-10-12(2)9-13(16)11-14/h9-11H,4-8,16H2,1-3H3. The van der Waals surface area contributed by atoms with Gasteiger partial charge in [-0.05, 0) is 48.9 Å². The van der Waals surface area contributed by atoms with Crippen molar-refractivity contribution in [2.75, 3.05) is 23.7 Å². The van der Waals surface area contributed by atoms with E-state index in [4.69, 9.17) is 5.73 Å². The van der Waals surface area contributed by atoms with Gasteiger partial charge in [0.2, 0.25) is 0 Å². The van der Waals surface area contributed by atoms with Gasteiger partial charge in [-0.25, -0.2) is 0 Å². The summed E-state index contributed by atoms with van der Waals surface area (Å²) in [6, 6.07) is 6.37. The highest BCUT2D eigenvalue weighted by Crippen LogP contribution is 2.36. The van der Waals surface area contributed by atoms with Crippen LogP contribution in [-0.2, 0) is 0 Å². The molecule has 0 unspecified atom stereocenters. The summed E-state index contributed by atoms with van der Waals surface area (Å²) >= 11 is 0. The Labute approximate surface area is 105 Å². The predicted octanol–water partition coefficient (Wildman–Crippen LogP) is 3.59. The Morgan fingerprint density at radius 2 is 1.88 bits per heavy atom. The van der Waals surface area contributed by atoms with Gasteiger partial charge in [-0.1, -0.05) is 20.3 Å². The minimum Gasteiger partial charge on any atom is -0.399 e. The first-order valence-corrected chi connectivity index (χ1v) is 6.64. The maximum Gasteiger partial charge on any atom is 0.0389 e. The summed E-state index contributed by atoms with van der Waals surface area (Å²) in [5, 5.41) is 0. The van der Waals surface area contributed by atoms with Crippen molar-refractivity contribution in [3.63, 3.8) is 0 Å². The molecule has 1 saturated heterocycles. The maximum atomic E-state index is 5.92. The summed E-state index contributed by atoms with van der Waals surface area (Å²) in [5.41, 5.74) is 9.89. The molecule has 2 nitrogen and oxygen atoms in total. The quantitative estimate of drug-likeness (QED) is 0.789. The van der Waals surface area contributed by atoms with Crippen LogP contribution >= 0.6 is 0 Å². The van der Waals surface area contributed by atoms with Crippen LogP contribution in [0.4, 0.5) is 11.4 Å². The van der Waals surface area contributed by atoms with E-state index >= 15 is 0 Å². The van der Waals surface area contributed by atoms with Crippen LogP contribution in [0.3, 0.4) is 0 Å². The summed E-state index contributed by atoms with van der Waals surface area (Å²) < 4.78 is 0. The van der Waals surface area contributed by atoms with Gasteiger partial charge >= 0.3 is 0 Å². The van der Waals surface area contributed by atoms with Crippen molar-refractivity contribution in [1.82, 2.24) is 0 Å². The number of anilines is 2. The average Bonchev–Trinajstić information content (AvgIpc) is 2.29. The van der Waals surface area contributed by atoms with Crippen molar-refractivity contribution >= 4 is 11.4 Å². The van der Waals surface area contributed by atoms with Crippen LogP contribution in [0.25, 0.3) is 0 Å². The molecule has 0 amide bonds. The van der Waals surface area contributed by atoms with Gasteiger partial charge in [-0.3, -0.25) is 0 Å². The molecule has 1 aromatic rings. The molecule has 1 heterocycles. The van der Waals surface area contributed by atoms with E-state index in [-0.39, 0.29) is 0 Å². The number of rotatable bonds is 2. The van der Waals surface area contributed by atoms with Crippen molar-refractivity contribution < 1.29 is 0 Å². The molecule has 0 atom stereocenters. The normalized spacial score (nSPS) is 19.4. The van der Waals surface area contributed by atoms with Crippen LogP contribution in [-0.4, -0.2) is 13.1 Å². The van der Waals surface area contributed by atoms with Gasteiger partial charge in [-0.15, -0.1) is 0 Å². The highest BCUT2D eigenvalue weighted by atomic mass is 15.1. The smallest absolute Gasteiger partial charge is 0.0389 e. The van der Waals surface area contributed by atoms with Crippen LogP contribution in [0.5, 0.6) is 0 Å². The van der Waals surface area contributed by atoms with Crippen LogP contribution in [0.1, 0.15) is 38.7 Å². The van der Waals surface area contributed by atoms with E-state index in [1.54, 1.807) is 0 Å². The molecule has 1 aliphatic rings. The number of nitrogens with zero attached hydrogens (tertiary/aromatic N) is 1. The Morgan fingerprint density at radius 3 is 2.41 bits per heavy atom. The van der Waals surface area contributed by atoms with Gasteiger partial charge in [-0.2, -0.15) is 0 Å². The zero-order valence-corrected chi connectivity index (χ0v) is 11.3. The first-order valence-electron chi connectivity index (χ1n) is 6.64. The Kier molecular flexibility index (Phi) is 3.32. The fourth-order valence-electron chi connectivity index (χ4n) is 2.63. The molecule has 1 aliphatic heterocycles. The third kappa shape index (κ3) is 2.74.